The van der Waals surface area contributed by atoms with Crippen LogP contribution in [0.3, 0.4) is 0 Å². The number of Topliss-reactive ketones (excluding diaryl/α,β-unsaturated/α-hetero) is 1. The Hall–Kier alpha value is -1.35. The van der Waals surface area contributed by atoms with Gasteiger partial charge in [0.05, 0.1) is 12.2 Å². The Morgan fingerprint density at radius 3 is 2.78 bits per heavy atom. The van der Waals surface area contributed by atoms with Crippen LogP contribution < -0.4 is 10.1 Å². The summed E-state index contributed by atoms with van der Waals surface area (Å²) in [6.45, 7) is 4.61. The molecule has 18 heavy (non-hydrogen) atoms. The molecule has 1 heterocycles. The van der Waals surface area contributed by atoms with Crippen molar-refractivity contribution in [3.63, 3.8) is 0 Å². The molecule has 1 aliphatic rings. The van der Waals surface area contributed by atoms with Gasteiger partial charge in [-0.3, -0.25) is 4.79 Å². The summed E-state index contributed by atoms with van der Waals surface area (Å²) in [7, 11) is 0. The van der Waals surface area contributed by atoms with Gasteiger partial charge in [-0.05, 0) is 44.5 Å². The number of benzene rings is 1. The summed E-state index contributed by atoms with van der Waals surface area (Å²) in [5.41, 5.74) is 0.748. The lowest BCUT2D eigenvalue weighted by atomic mass is 9.89. The molecule has 0 saturated carbocycles. The molecule has 0 unspecified atom stereocenters. The summed E-state index contributed by atoms with van der Waals surface area (Å²) in [5.74, 6) is 1.13. The molecule has 1 aromatic rings. The van der Waals surface area contributed by atoms with Crippen LogP contribution in [0.5, 0.6) is 5.75 Å². The number of hydrogen-bond donors (Lipinski definition) is 1. The highest BCUT2D eigenvalue weighted by molar-refractivity contribution is 6.00. The fourth-order valence-corrected chi connectivity index (χ4v) is 2.31. The third-order valence-electron chi connectivity index (χ3n) is 3.32. The number of para-hydroxylation sites is 1. The standard InChI is InChI=1S/C15H21NO2/c1-2-11-18-14-6-4-3-5-13(14)15(17)12-7-9-16-10-8-12/h3-6,12,16H,2,7-11H2,1H3. The molecule has 1 N–H and O–H groups in total. The third kappa shape index (κ3) is 3.10. The van der Waals surface area contributed by atoms with Crippen molar-refractivity contribution in [2.45, 2.75) is 26.2 Å². The first-order valence-electron chi connectivity index (χ1n) is 6.79. The number of ketones is 1. The average Bonchev–Trinajstić information content (AvgIpc) is 2.45. The third-order valence-corrected chi connectivity index (χ3v) is 3.32. The van der Waals surface area contributed by atoms with E-state index in [-0.39, 0.29) is 11.7 Å². The molecule has 0 radical (unpaired) electrons. The smallest absolute Gasteiger partial charge is 0.169 e. The molecule has 1 aliphatic heterocycles. The lowest BCUT2D eigenvalue weighted by molar-refractivity contribution is 0.0891. The number of nitrogens with one attached hydrogen (secondary N) is 1. The minimum absolute atomic E-state index is 0.151. The first-order chi connectivity index (χ1) is 8.83. The van der Waals surface area contributed by atoms with Gasteiger partial charge in [0.1, 0.15) is 5.75 Å². The van der Waals surface area contributed by atoms with Crippen molar-refractivity contribution in [1.29, 1.82) is 0 Å². The van der Waals surface area contributed by atoms with Crippen LogP contribution in [0, 0.1) is 5.92 Å². The molecule has 1 aromatic carbocycles. The van der Waals surface area contributed by atoms with Crippen LogP contribution >= 0.6 is 0 Å². The van der Waals surface area contributed by atoms with E-state index in [0.29, 0.717) is 6.61 Å². The monoisotopic (exact) mass is 247 g/mol. The molecule has 0 aromatic heterocycles. The average molecular weight is 247 g/mol. The highest BCUT2D eigenvalue weighted by Crippen LogP contribution is 2.25. The summed E-state index contributed by atoms with van der Waals surface area (Å²) in [5, 5.41) is 3.29. The molecule has 0 spiro atoms. The Bertz CT molecular complexity index is 397. The zero-order valence-corrected chi connectivity index (χ0v) is 10.9. The van der Waals surface area contributed by atoms with Crippen molar-refractivity contribution in [1.82, 2.24) is 5.32 Å². The van der Waals surface area contributed by atoms with Crippen LogP contribution in [0.25, 0.3) is 0 Å². The number of carbonyl (C=O) groups excluding carboxylic acids is 1. The summed E-state index contributed by atoms with van der Waals surface area (Å²) >= 11 is 0. The quantitative estimate of drug-likeness (QED) is 0.813. The van der Waals surface area contributed by atoms with Gasteiger partial charge in [-0.2, -0.15) is 0 Å². The van der Waals surface area contributed by atoms with E-state index in [9.17, 15) is 4.79 Å². The second kappa shape index (κ2) is 6.55. The highest BCUT2D eigenvalue weighted by atomic mass is 16.5. The SMILES string of the molecule is CCCOc1ccccc1C(=O)C1CCNCC1. The van der Waals surface area contributed by atoms with Crippen molar-refractivity contribution in [3.05, 3.63) is 29.8 Å². The summed E-state index contributed by atoms with van der Waals surface area (Å²) in [6.07, 6.45) is 2.82. The van der Waals surface area contributed by atoms with E-state index < -0.39 is 0 Å². The minimum atomic E-state index is 0.151. The van der Waals surface area contributed by atoms with Crippen LogP contribution in [0.15, 0.2) is 24.3 Å². The molecule has 98 valence electrons. The maximum absolute atomic E-state index is 12.5. The Balaban J connectivity index is 2.12. The lowest BCUT2D eigenvalue weighted by Crippen LogP contribution is -2.32. The maximum atomic E-state index is 12.5. The zero-order chi connectivity index (χ0) is 12.8. The fourth-order valence-electron chi connectivity index (χ4n) is 2.31. The molecule has 2 rings (SSSR count). The van der Waals surface area contributed by atoms with Crippen molar-refractivity contribution < 1.29 is 9.53 Å². The predicted octanol–water partition coefficient (Wildman–Crippen LogP) is 2.66. The van der Waals surface area contributed by atoms with Gasteiger partial charge in [0.25, 0.3) is 0 Å². The first kappa shape index (κ1) is 13.1. The fraction of sp³-hybridized carbons (Fsp3) is 0.533. The van der Waals surface area contributed by atoms with Gasteiger partial charge >= 0.3 is 0 Å². The van der Waals surface area contributed by atoms with Crippen molar-refractivity contribution in [2.75, 3.05) is 19.7 Å². The second-order valence-electron chi connectivity index (χ2n) is 4.73. The molecule has 1 saturated heterocycles. The molecular formula is C15H21NO2. The maximum Gasteiger partial charge on any atom is 0.169 e. The van der Waals surface area contributed by atoms with Crippen LogP contribution in [0.1, 0.15) is 36.5 Å². The lowest BCUT2D eigenvalue weighted by Gasteiger charge is -2.22. The van der Waals surface area contributed by atoms with Gasteiger partial charge in [0, 0.05) is 5.92 Å². The number of hydrogen-bond acceptors (Lipinski definition) is 3. The van der Waals surface area contributed by atoms with Gasteiger partial charge < -0.3 is 10.1 Å². The summed E-state index contributed by atoms with van der Waals surface area (Å²) < 4.78 is 5.66. The van der Waals surface area contributed by atoms with Gasteiger partial charge in [-0.15, -0.1) is 0 Å². The Morgan fingerprint density at radius 2 is 2.06 bits per heavy atom. The Morgan fingerprint density at radius 1 is 1.33 bits per heavy atom. The molecule has 3 nitrogen and oxygen atoms in total. The van der Waals surface area contributed by atoms with Crippen molar-refractivity contribution in [3.8, 4) is 5.75 Å². The first-order valence-corrected chi connectivity index (χ1v) is 6.79. The summed E-state index contributed by atoms with van der Waals surface area (Å²) in [6, 6.07) is 7.61. The van der Waals surface area contributed by atoms with Crippen LogP contribution in [-0.4, -0.2) is 25.5 Å². The van der Waals surface area contributed by atoms with Gasteiger partial charge in [0.15, 0.2) is 5.78 Å². The van der Waals surface area contributed by atoms with E-state index in [0.717, 1.165) is 43.7 Å². The van der Waals surface area contributed by atoms with Crippen LogP contribution in [-0.2, 0) is 0 Å². The normalized spacial score (nSPS) is 16.5. The highest BCUT2D eigenvalue weighted by Gasteiger charge is 2.24. The van der Waals surface area contributed by atoms with E-state index >= 15 is 0 Å². The van der Waals surface area contributed by atoms with E-state index in [2.05, 4.69) is 12.2 Å². The number of piperidine rings is 1. The Kier molecular flexibility index (Phi) is 4.76. The molecule has 0 aliphatic carbocycles. The predicted molar refractivity (Wildman–Crippen MR) is 72.2 cm³/mol. The van der Waals surface area contributed by atoms with Gasteiger partial charge in [0.2, 0.25) is 0 Å². The molecule has 3 heteroatoms. The molecular weight excluding hydrogens is 226 g/mol. The van der Waals surface area contributed by atoms with E-state index in [1.165, 1.54) is 0 Å². The van der Waals surface area contributed by atoms with E-state index in [4.69, 9.17) is 4.74 Å². The number of ether oxygens (including phenoxy) is 1. The topological polar surface area (TPSA) is 38.3 Å². The van der Waals surface area contributed by atoms with E-state index in [1.807, 2.05) is 24.3 Å². The summed E-state index contributed by atoms with van der Waals surface area (Å²) in [4.78, 5) is 12.5. The molecule has 0 bridgehead atoms. The molecule has 0 atom stereocenters. The van der Waals surface area contributed by atoms with Gasteiger partial charge in [-0.25, -0.2) is 0 Å². The largest absolute Gasteiger partial charge is 0.493 e. The van der Waals surface area contributed by atoms with Crippen molar-refractivity contribution >= 4 is 5.78 Å². The molecule has 0 amide bonds. The van der Waals surface area contributed by atoms with Crippen molar-refractivity contribution in [2.24, 2.45) is 5.92 Å². The minimum Gasteiger partial charge on any atom is -0.493 e. The van der Waals surface area contributed by atoms with Gasteiger partial charge in [-0.1, -0.05) is 19.1 Å². The van der Waals surface area contributed by atoms with Crippen LogP contribution in [0.4, 0.5) is 0 Å². The van der Waals surface area contributed by atoms with E-state index in [1.54, 1.807) is 0 Å². The molecule has 1 fully saturated rings. The second-order valence-corrected chi connectivity index (χ2v) is 4.73. The number of carbonyl (C=O) groups is 1. The van der Waals surface area contributed by atoms with Crippen LogP contribution in [0.2, 0.25) is 0 Å². The zero-order valence-electron chi connectivity index (χ0n) is 10.9. The Labute approximate surface area is 109 Å². The number of rotatable bonds is 5.